The molecule has 0 radical (unpaired) electrons. The van der Waals surface area contributed by atoms with E-state index in [1.54, 1.807) is 21.3 Å². The molecule has 0 aromatic heterocycles. The van der Waals surface area contributed by atoms with Gasteiger partial charge < -0.3 is 20.1 Å². The molecule has 0 aliphatic carbocycles. The molecule has 0 unspecified atom stereocenters. The minimum atomic E-state index is 0. The van der Waals surface area contributed by atoms with E-state index in [9.17, 15) is 0 Å². The highest BCUT2D eigenvalue weighted by molar-refractivity contribution is 14.0. The van der Waals surface area contributed by atoms with Crippen molar-refractivity contribution >= 4 is 35.6 Å². The Balaban J connectivity index is 0.00000338. The summed E-state index contributed by atoms with van der Waals surface area (Å²) in [4.78, 5) is 4.30. The number of hydrogen-bond donors (Lipinski definition) is 2. The lowest BCUT2D eigenvalue weighted by atomic mass is 10.00. The second-order valence-corrected chi connectivity index (χ2v) is 6.00. The van der Waals surface area contributed by atoms with Crippen molar-refractivity contribution in [3.63, 3.8) is 0 Å². The lowest BCUT2D eigenvalue weighted by Gasteiger charge is -2.16. The van der Waals surface area contributed by atoms with Crippen molar-refractivity contribution in [2.75, 3.05) is 26.6 Å². The molecule has 0 saturated carbocycles. The average Bonchev–Trinajstić information content (AvgIpc) is 2.59. The van der Waals surface area contributed by atoms with E-state index in [4.69, 9.17) is 9.47 Å². The number of halogens is 1. The van der Waals surface area contributed by atoms with Gasteiger partial charge in [-0.3, -0.25) is 4.99 Å². The molecule has 0 fully saturated rings. The van der Waals surface area contributed by atoms with Crippen LogP contribution in [-0.2, 0) is 6.54 Å². The van der Waals surface area contributed by atoms with Crippen molar-refractivity contribution in [3.8, 4) is 11.5 Å². The van der Waals surface area contributed by atoms with Crippen LogP contribution in [0.3, 0.4) is 0 Å². The summed E-state index contributed by atoms with van der Waals surface area (Å²) >= 11 is 0. The van der Waals surface area contributed by atoms with Crippen LogP contribution >= 0.6 is 24.0 Å². The van der Waals surface area contributed by atoms with Gasteiger partial charge >= 0.3 is 0 Å². The van der Waals surface area contributed by atoms with E-state index >= 15 is 0 Å². The Hall–Kier alpha value is -1.96. The maximum absolute atomic E-state index is 5.34. The number of nitrogens with one attached hydrogen (secondary N) is 2. The summed E-state index contributed by atoms with van der Waals surface area (Å²) in [5, 5.41) is 6.65. The van der Waals surface area contributed by atoms with Gasteiger partial charge in [0.1, 0.15) is 0 Å². The molecule has 2 rings (SSSR count). The molecule has 0 bridgehead atoms. The highest BCUT2D eigenvalue weighted by Gasteiger charge is 2.08. The van der Waals surface area contributed by atoms with Crippen molar-refractivity contribution in [1.82, 2.24) is 5.32 Å². The molecule has 0 saturated heterocycles. The Morgan fingerprint density at radius 2 is 1.58 bits per heavy atom. The number of rotatable bonds is 5. The first kappa shape index (κ1) is 22.1. The van der Waals surface area contributed by atoms with Crippen molar-refractivity contribution in [2.24, 2.45) is 4.99 Å². The number of guanidine groups is 1. The van der Waals surface area contributed by atoms with Gasteiger partial charge in [0.05, 0.1) is 14.2 Å². The Morgan fingerprint density at radius 1 is 0.962 bits per heavy atom. The first-order valence-corrected chi connectivity index (χ1v) is 8.25. The highest BCUT2D eigenvalue weighted by atomic mass is 127. The molecule has 6 heteroatoms. The van der Waals surface area contributed by atoms with Crippen molar-refractivity contribution in [3.05, 3.63) is 52.6 Å². The van der Waals surface area contributed by atoms with Crippen LogP contribution in [0.5, 0.6) is 11.5 Å². The summed E-state index contributed by atoms with van der Waals surface area (Å²) in [7, 11) is 5.00. The monoisotopic (exact) mass is 469 g/mol. The van der Waals surface area contributed by atoms with Gasteiger partial charge in [-0.15, -0.1) is 24.0 Å². The molecular weight excluding hydrogens is 441 g/mol. The SMILES string of the molecule is CN=C(NCc1c(C)cc(C)cc1C)Nc1ccc(OC)c(OC)c1.I. The van der Waals surface area contributed by atoms with Crippen molar-refractivity contribution in [2.45, 2.75) is 27.3 Å². The first-order valence-electron chi connectivity index (χ1n) is 8.25. The zero-order valence-electron chi connectivity index (χ0n) is 16.3. The molecule has 0 atom stereocenters. The summed E-state index contributed by atoms with van der Waals surface area (Å²) in [5.74, 6) is 2.07. The fraction of sp³-hybridized carbons (Fsp3) is 0.350. The molecule has 0 heterocycles. The van der Waals surface area contributed by atoms with E-state index < -0.39 is 0 Å². The minimum Gasteiger partial charge on any atom is -0.493 e. The van der Waals surface area contributed by atoms with Crippen LogP contribution in [0.15, 0.2) is 35.3 Å². The fourth-order valence-electron chi connectivity index (χ4n) is 2.89. The van der Waals surface area contributed by atoms with E-state index in [2.05, 4.69) is 48.5 Å². The van der Waals surface area contributed by atoms with E-state index in [-0.39, 0.29) is 24.0 Å². The van der Waals surface area contributed by atoms with Gasteiger partial charge in [-0.2, -0.15) is 0 Å². The number of aliphatic imine (C=N–C) groups is 1. The standard InChI is InChI=1S/C20H27N3O2.HI/c1-13-9-14(2)17(15(3)10-13)12-22-20(21-4)23-16-7-8-18(24-5)19(11-16)25-6;/h7-11H,12H2,1-6H3,(H2,21,22,23);1H. The molecule has 0 amide bonds. The predicted molar refractivity (Wildman–Crippen MR) is 119 cm³/mol. The molecule has 0 aliphatic rings. The smallest absolute Gasteiger partial charge is 0.195 e. The predicted octanol–water partition coefficient (Wildman–Crippen LogP) is 4.43. The largest absolute Gasteiger partial charge is 0.493 e. The molecular formula is C20H28IN3O2. The number of hydrogen-bond acceptors (Lipinski definition) is 3. The normalized spacial score (nSPS) is 10.8. The zero-order chi connectivity index (χ0) is 18.4. The number of anilines is 1. The van der Waals surface area contributed by atoms with Gasteiger partial charge in [0.25, 0.3) is 0 Å². The van der Waals surface area contributed by atoms with Crippen LogP contribution in [0.25, 0.3) is 0 Å². The van der Waals surface area contributed by atoms with Gasteiger partial charge in [-0.25, -0.2) is 0 Å². The van der Waals surface area contributed by atoms with Crippen molar-refractivity contribution < 1.29 is 9.47 Å². The second kappa shape index (κ2) is 10.3. The molecule has 0 aliphatic heterocycles. The van der Waals surface area contributed by atoms with Crippen molar-refractivity contribution in [1.29, 1.82) is 0 Å². The summed E-state index contributed by atoms with van der Waals surface area (Å²) in [6, 6.07) is 10.1. The van der Waals surface area contributed by atoms with Crippen LogP contribution in [0.2, 0.25) is 0 Å². The molecule has 2 aromatic rings. The molecule has 142 valence electrons. The maximum atomic E-state index is 5.34. The lowest BCUT2D eigenvalue weighted by Crippen LogP contribution is -2.30. The van der Waals surface area contributed by atoms with Crippen LogP contribution in [0.1, 0.15) is 22.3 Å². The van der Waals surface area contributed by atoms with Gasteiger partial charge in [0.15, 0.2) is 17.5 Å². The Labute approximate surface area is 173 Å². The third-order valence-corrected chi connectivity index (χ3v) is 4.14. The van der Waals surface area contributed by atoms with Crippen LogP contribution in [0.4, 0.5) is 5.69 Å². The molecule has 5 nitrogen and oxygen atoms in total. The number of methoxy groups -OCH3 is 2. The van der Waals surface area contributed by atoms with E-state index in [1.165, 1.54) is 22.3 Å². The second-order valence-electron chi connectivity index (χ2n) is 6.00. The summed E-state index contributed by atoms with van der Waals surface area (Å²) in [5.41, 5.74) is 6.02. The number of benzene rings is 2. The number of ether oxygens (including phenoxy) is 2. The van der Waals surface area contributed by atoms with E-state index in [0.717, 1.165) is 5.69 Å². The molecule has 2 N–H and O–H groups in total. The highest BCUT2D eigenvalue weighted by Crippen LogP contribution is 2.29. The maximum Gasteiger partial charge on any atom is 0.195 e. The average molecular weight is 469 g/mol. The van der Waals surface area contributed by atoms with E-state index in [0.29, 0.717) is 24.0 Å². The van der Waals surface area contributed by atoms with E-state index in [1.807, 2.05) is 18.2 Å². The van der Waals surface area contributed by atoms with Crippen LogP contribution < -0.4 is 20.1 Å². The zero-order valence-corrected chi connectivity index (χ0v) is 18.6. The lowest BCUT2D eigenvalue weighted by molar-refractivity contribution is 0.355. The Bertz CT molecular complexity index is 753. The fourth-order valence-corrected chi connectivity index (χ4v) is 2.89. The quantitative estimate of drug-likeness (QED) is 0.387. The minimum absolute atomic E-state index is 0. The van der Waals surface area contributed by atoms with Gasteiger partial charge in [0.2, 0.25) is 0 Å². The third-order valence-electron chi connectivity index (χ3n) is 4.14. The van der Waals surface area contributed by atoms with Gasteiger partial charge in [0, 0.05) is 25.3 Å². The molecule has 0 spiro atoms. The summed E-state index contributed by atoms with van der Waals surface area (Å²) in [6.45, 7) is 7.11. The summed E-state index contributed by atoms with van der Waals surface area (Å²) in [6.07, 6.45) is 0. The summed E-state index contributed by atoms with van der Waals surface area (Å²) < 4.78 is 10.6. The van der Waals surface area contributed by atoms with Crippen LogP contribution in [-0.4, -0.2) is 27.2 Å². The number of nitrogens with zero attached hydrogens (tertiary/aromatic N) is 1. The topological polar surface area (TPSA) is 54.9 Å². The van der Waals surface area contributed by atoms with Gasteiger partial charge in [-0.05, 0) is 49.6 Å². The first-order chi connectivity index (χ1) is 12.0. The Kier molecular flexibility index (Phi) is 8.71. The Morgan fingerprint density at radius 3 is 2.12 bits per heavy atom. The molecule has 2 aromatic carbocycles. The molecule has 26 heavy (non-hydrogen) atoms. The van der Waals surface area contributed by atoms with Gasteiger partial charge in [-0.1, -0.05) is 17.7 Å². The number of aryl methyl sites for hydroxylation is 3. The third kappa shape index (κ3) is 5.52. The van der Waals surface area contributed by atoms with Crippen LogP contribution in [0, 0.1) is 20.8 Å².